The Morgan fingerprint density at radius 1 is 0.778 bits per heavy atom. The lowest BCUT2D eigenvalue weighted by Gasteiger charge is -2.28. The van der Waals surface area contributed by atoms with Crippen LogP contribution in [-0.2, 0) is 14.4 Å². The smallest absolute Gasteiger partial charge is 0.273 e. The van der Waals surface area contributed by atoms with E-state index >= 15 is 0 Å². The number of aryl methyl sites for hydroxylation is 1. The maximum Gasteiger partial charge on any atom is 0.313 e. The number of imide groups is 1. The number of benzene rings is 3. The molecule has 7 nitrogen and oxygen atoms in total. The van der Waals surface area contributed by atoms with Crippen LogP contribution in [0.1, 0.15) is 16.5 Å². The number of halogens is 1. The van der Waals surface area contributed by atoms with Crippen LogP contribution in [0.5, 0.6) is 0 Å². The first kappa shape index (κ1) is 22.7. The van der Waals surface area contributed by atoms with Crippen LogP contribution in [0, 0.1) is 12.8 Å². The molecule has 1 aromatic heterocycles. The van der Waals surface area contributed by atoms with Crippen molar-refractivity contribution in [1.82, 2.24) is 4.57 Å². The zero-order valence-corrected chi connectivity index (χ0v) is 20.6. The molecule has 4 aromatic rings. The van der Waals surface area contributed by atoms with Gasteiger partial charge in [0.05, 0.1) is 21.9 Å². The summed E-state index contributed by atoms with van der Waals surface area (Å²) in [5, 5.41) is 1.74. The summed E-state index contributed by atoms with van der Waals surface area (Å²) in [7, 11) is 0. The van der Waals surface area contributed by atoms with Crippen LogP contribution in [0.4, 0.5) is 11.4 Å². The predicted molar refractivity (Wildman–Crippen MR) is 139 cm³/mol. The second-order valence-electron chi connectivity index (χ2n) is 8.70. The molecule has 6 rings (SSSR count). The number of rotatable bonds is 4. The molecule has 2 fully saturated rings. The summed E-state index contributed by atoms with van der Waals surface area (Å²) in [5.41, 5.74) is 2.77. The number of aromatic nitrogens is 1. The van der Waals surface area contributed by atoms with E-state index in [1.54, 1.807) is 29.3 Å². The number of nitrogens with zero attached hydrogens (tertiary/aromatic N) is 3. The van der Waals surface area contributed by atoms with Gasteiger partial charge in [0.2, 0.25) is 5.91 Å². The lowest BCUT2D eigenvalue weighted by atomic mass is 9.95. The molecular formula is C27H20ClN3O4S. The molecule has 0 unspecified atom stereocenters. The first-order chi connectivity index (χ1) is 17.5. The third-order valence-electron chi connectivity index (χ3n) is 6.48. The lowest BCUT2D eigenvalue weighted by molar-refractivity contribution is -0.126. The van der Waals surface area contributed by atoms with E-state index in [-0.39, 0.29) is 15.9 Å². The largest absolute Gasteiger partial charge is 0.313 e. The number of amides is 2. The minimum Gasteiger partial charge on any atom is -0.273 e. The number of para-hydroxylation sites is 2. The highest BCUT2D eigenvalue weighted by molar-refractivity contribution is 7.10. The van der Waals surface area contributed by atoms with Gasteiger partial charge in [0, 0.05) is 0 Å². The molecule has 2 aliphatic rings. The molecule has 2 amide bonds. The summed E-state index contributed by atoms with van der Waals surface area (Å²) >= 11 is 7.78. The van der Waals surface area contributed by atoms with E-state index in [2.05, 4.69) is 0 Å². The second kappa shape index (κ2) is 8.74. The van der Waals surface area contributed by atoms with Gasteiger partial charge < -0.3 is 0 Å². The number of hydrogen-bond acceptors (Lipinski definition) is 6. The fourth-order valence-corrected chi connectivity index (χ4v) is 6.24. The van der Waals surface area contributed by atoms with E-state index in [4.69, 9.17) is 16.4 Å². The van der Waals surface area contributed by atoms with Gasteiger partial charge in [-0.3, -0.25) is 23.8 Å². The molecular weight excluding hydrogens is 498 g/mol. The molecule has 0 bridgehead atoms. The summed E-state index contributed by atoms with van der Waals surface area (Å²) in [6, 6.07) is 24.7. The zero-order valence-electron chi connectivity index (χ0n) is 19.1. The van der Waals surface area contributed by atoms with Crippen molar-refractivity contribution in [3.05, 3.63) is 110 Å². The average Bonchev–Trinajstić information content (AvgIpc) is 3.50. The number of anilines is 2. The molecule has 3 aromatic carbocycles. The molecule has 9 heteroatoms. The summed E-state index contributed by atoms with van der Waals surface area (Å²) in [6.07, 6.45) is -1.04. The van der Waals surface area contributed by atoms with Crippen molar-refractivity contribution in [2.45, 2.75) is 19.1 Å². The third kappa shape index (κ3) is 3.49. The van der Waals surface area contributed by atoms with E-state index in [1.807, 2.05) is 67.6 Å². The summed E-state index contributed by atoms with van der Waals surface area (Å²) in [5.74, 6) is -1.71. The second-order valence-corrected chi connectivity index (χ2v) is 10.1. The van der Waals surface area contributed by atoms with Gasteiger partial charge in [0.25, 0.3) is 5.91 Å². The molecule has 0 N–H and O–H groups in total. The Morgan fingerprint density at radius 2 is 1.39 bits per heavy atom. The van der Waals surface area contributed by atoms with Gasteiger partial charge in [-0.25, -0.2) is 9.96 Å². The molecule has 3 atom stereocenters. The van der Waals surface area contributed by atoms with E-state index in [0.717, 1.165) is 16.9 Å². The van der Waals surface area contributed by atoms with Crippen LogP contribution in [0.25, 0.3) is 5.69 Å². The van der Waals surface area contributed by atoms with E-state index < -0.39 is 24.0 Å². The molecule has 180 valence electrons. The molecule has 0 saturated carbocycles. The monoisotopic (exact) mass is 517 g/mol. The highest BCUT2D eigenvalue weighted by Crippen LogP contribution is 2.50. The number of fused-ring (bicyclic) bond motifs is 1. The first-order valence-electron chi connectivity index (χ1n) is 11.4. The summed E-state index contributed by atoms with van der Waals surface area (Å²) < 4.78 is 1.41. The number of carbonyl (C=O) groups excluding carboxylic acids is 2. The maximum absolute atomic E-state index is 13.8. The van der Waals surface area contributed by atoms with E-state index in [0.29, 0.717) is 21.9 Å². The molecule has 36 heavy (non-hydrogen) atoms. The van der Waals surface area contributed by atoms with Gasteiger partial charge in [-0.2, -0.15) is 0 Å². The minimum atomic E-state index is -1.04. The highest BCUT2D eigenvalue weighted by Gasteiger charge is 2.61. The van der Waals surface area contributed by atoms with Crippen LogP contribution < -0.4 is 14.8 Å². The van der Waals surface area contributed by atoms with Gasteiger partial charge >= 0.3 is 4.87 Å². The molecule has 0 radical (unpaired) electrons. The number of hydroxylamine groups is 1. The summed E-state index contributed by atoms with van der Waals surface area (Å²) in [4.78, 5) is 47.9. The fourth-order valence-electron chi connectivity index (χ4n) is 4.78. The van der Waals surface area contributed by atoms with Gasteiger partial charge in [0.1, 0.15) is 17.1 Å². The molecule has 0 spiro atoms. The normalized spacial score (nSPS) is 21.3. The minimum absolute atomic E-state index is 0.195. The summed E-state index contributed by atoms with van der Waals surface area (Å²) in [6.45, 7) is 1.93. The first-order valence-corrected chi connectivity index (χ1v) is 12.6. The van der Waals surface area contributed by atoms with Crippen LogP contribution in [-0.4, -0.2) is 22.5 Å². The van der Waals surface area contributed by atoms with Crippen LogP contribution in [0.2, 0.25) is 5.15 Å². The maximum atomic E-state index is 13.8. The van der Waals surface area contributed by atoms with Crippen molar-refractivity contribution >= 4 is 46.1 Å². The van der Waals surface area contributed by atoms with Crippen molar-refractivity contribution in [2.24, 2.45) is 5.92 Å². The fraction of sp³-hybridized carbons (Fsp3) is 0.148. The third-order valence-corrected chi connectivity index (χ3v) is 7.98. The van der Waals surface area contributed by atoms with Crippen molar-refractivity contribution in [3.8, 4) is 5.69 Å². The Kier molecular flexibility index (Phi) is 5.52. The quantitative estimate of drug-likeness (QED) is 0.360. The van der Waals surface area contributed by atoms with Crippen LogP contribution >= 0.6 is 22.9 Å². The van der Waals surface area contributed by atoms with Crippen LogP contribution in [0.3, 0.4) is 0 Å². The number of hydrogen-bond donors (Lipinski definition) is 0. The predicted octanol–water partition coefficient (Wildman–Crippen LogP) is 4.91. The Hall–Kier alpha value is -3.72. The molecule has 2 saturated heterocycles. The Bertz CT molecular complexity index is 1520. The van der Waals surface area contributed by atoms with Crippen molar-refractivity contribution < 1.29 is 14.4 Å². The van der Waals surface area contributed by atoms with E-state index in [1.165, 1.54) is 9.47 Å². The van der Waals surface area contributed by atoms with Crippen molar-refractivity contribution in [2.75, 3.05) is 9.96 Å². The Labute approximate surface area is 215 Å². The Balaban J connectivity index is 1.48. The lowest BCUT2D eigenvalue weighted by Crippen LogP contribution is -2.37. The highest BCUT2D eigenvalue weighted by atomic mass is 35.5. The van der Waals surface area contributed by atoms with Crippen LogP contribution in [0.15, 0.2) is 89.7 Å². The number of carbonyl (C=O) groups is 2. The topological polar surface area (TPSA) is 71.8 Å². The Morgan fingerprint density at radius 3 is 2.03 bits per heavy atom. The van der Waals surface area contributed by atoms with Gasteiger partial charge in [-0.05, 0) is 43.3 Å². The van der Waals surface area contributed by atoms with Gasteiger partial charge in [-0.15, -0.1) is 0 Å². The van der Waals surface area contributed by atoms with E-state index in [9.17, 15) is 14.4 Å². The average molecular weight is 518 g/mol. The zero-order chi connectivity index (χ0) is 25.0. The van der Waals surface area contributed by atoms with Crippen molar-refractivity contribution in [3.63, 3.8) is 0 Å². The van der Waals surface area contributed by atoms with Gasteiger partial charge in [-0.1, -0.05) is 77.0 Å². The molecule has 0 aliphatic carbocycles. The van der Waals surface area contributed by atoms with Gasteiger partial charge in [0.15, 0.2) is 6.10 Å². The molecule has 2 aliphatic heterocycles. The standard InChI is InChI=1S/C27H20ClN3O4S/c1-16-12-14-18(15-13-16)30-25(32)20-21(31(35-22(20)26(30)33)19-10-6-3-7-11-19)23-24(28)29(27(34)36-23)17-8-4-2-5-9-17/h2-15,20-22H,1H3/t20-,21+,22-/m1/s1. The number of thiazole rings is 1. The van der Waals surface area contributed by atoms with Crippen molar-refractivity contribution in [1.29, 1.82) is 0 Å². The SMILES string of the molecule is Cc1ccc(N2C(=O)[C@@H]3[C@@H](c4sc(=O)n(-c5ccccc5)c4Cl)N(c4ccccc4)O[C@H]3C2=O)cc1. The molecule has 3 heterocycles.